The Hall–Kier alpha value is -2.62. The molecule has 0 bridgehead atoms. The van der Waals surface area contributed by atoms with E-state index in [4.69, 9.17) is 0 Å². The van der Waals surface area contributed by atoms with E-state index in [1.807, 2.05) is 24.3 Å². The summed E-state index contributed by atoms with van der Waals surface area (Å²) in [6.45, 7) is 2.08. The van der Waals surface area contributed by atoms with Gasteiger partial charge >= 0.3 is 0 Å². The topological polar surface area (TPSA) is 51.6 Å². The number of aromatic nitrogens is 4. The molecule has 3 rings (SSSR count). The molecule has 0 aliphatic carbocycles. The van der Waals surface area contributed by atoms with Crippen molar-refractivity contribution in [3.63, 3.8) is 0 Å². The van der Waals surface area contributed by atoms with Gasteiger partial charge in [-0.15, -0.1) is 0 Å². The van der Waals surface area contributed by atoms with Gasteiger partial charge in [-0.05, 0) is 24.6 Å². The Morgan fingerprint density at radius 2 is 1.68 bits per heavy atom. The predicted molar refractivity (Wildman–Crippen MR) is 73.2 cm³/mol. The van der Waals surface area contributed by atoms with Crippen LogP contribution in [0.5, 0.6) is 0 Å². The highest BCUT2D eigenvalue weighted by atomic mass is 15.0. The van der Waals surface area contributed by atoms with Crippen LogP contribution in [0.25, 0.3) is 22.6 Å². The van der Waals surface area contributed by atoms with E-state index in [2.05, 4.69) is 39.0 Å². The van der Waals surface area contributed by atoms with Crippen molar-refractivity contribution in [2.24, 2.45) is 0 Å². The lowest BCUT2D eigenvalue weighted by Crippen LogP contribution is -1.92. The van der Waals surface area contributed by atoms with E-state index in [1.165, 1.54) is 18.2 Å². The average Bonchev–Trinajstić information content (AvgIpc) is 2.49. The average molecular weight is 248 g/mol. The second kappa shape index (κ2) is 4.94. The third-order valence-electron chi connectivity index (χ3n) is 2.93. The number of benzene rings is 1. The van der Waals surface area contributed by atoms with E-state index in [0.29, 0.717) is 5.82 Å². The zero-order chi connectivity index (χ0) is 13.1. The molecule has 3 aromatic rings. The Bertz CT molecular complexity index is 695. The summed E-state index contributed by atoms with van der Waals surface area (Å²) in [5, 5.41) is 0. The molecule has 19 heavy (non-hydrogen) atoms. The molecule has 0 aliphatic heterocycles. The summed E-state index contributed by atoms with van der Waals surface area (Å²) in [5.74, 6) is 0.659. The van der Waals surface area contributed by atoms with Crippen LogP contribution in [0.2, 0.25) is 0 Å². The summed E-state index contributed by atoms with van der Waals surface area (Å²) < 4.78 is 0. The Balaban J connectivity index is 2.09. The van der Waals surface area contributed by atoms with Gasteiger partial charge in [0.25, 0.3) is 0 Å². The summed E-state index contributed by atoms with van der Waals surface area (Å²) >= 11 is 0. The second-order valence-electron chi connectivity index (χ2n) is 4.21. The molecule has 92 valence electrons. The zero-order valence-corrected chi connectivity index (χ0v) is 10.5. The molecule has 0 atom stereocenters. The fourth-order valence-corrected chi connectivity index (χ4v) is 1.97. The summed E-state index contributed by atoms with van der Waals surface area (Å²) in [7, 11) is 0. The number of hydrogen-bond donors (Lipinski definition) is 0. The fraction of sp³-hybridized carbons (Fsp3) is 0.0667. The number of nitrogens with zero attached hydrogens (tertiary/aromatic N) is 4. The molecule has 4 heteroatoms. The molecule has 1 aromatic carbocycles. The quantitative estimate of drug-likeness (QED) is 0.699. The SMILES string of the molecule is Cc1ccccc1-c1cc(-c2ncncn2)ccn1. The van der Waals surface area contributed by atoms with Crippen molar-refractivity contribution >= 4 is 0 Å². The van der Waals surface area contributed by atoms with Crippen LogP contribution in [0.4, 0.5) is 0 Å². The molecule has 0 spiro atoms. The Morgan fingerprint density at radius 3 is 2.47 bits per heavy atom. The predicted octanol–water partition coefficient (Wildman–Crippen LogP) is 2.91. The van der Waals surface area contributed by atoms with Crippen LogP contribution in [0.15, 0.2) is 55.2 Å². The van der Waals surface area contributed by atoms with Gasteiger partial charge in [0.1, 0.15) is 12.7 Å². The Labute approximate surface area is 111 Å². The molecule has 0 saturated heterocycles. The number of hydrogen-bond acceptors (Lipinski definition) is 4. The maximum absolute atomic E-state index is 4.42. The van der Waals surface area contributed by atoms with Crippen LogP contribution < -0.4 is 0 Å². The van der Waals surface area contributed by atoms with E-state index in [0.717, 1.165) is 16.8 Å². The van der Waals surface area contributed by atoms with Gasteiger partial charge in [-0.2, -0.15) is 0 Å². The summed E-state index contributed by atoms with van der Waals surface area (Å²) in [6, 6.07) is 12.1. The van der Waals surface area contributed by atoms with Gasteiger partial charge in [-0.25, -0.2) is 15.0 Å². The van der Waals surface area contributed by atoms with E-state index < -0.39 is 0 Å². The number of pyridine rings is 1. The minimum Gasteiger partial charge on any atom is -0.256 e. The minimum absolute atomic E-state index is 0.659. The van der Waals surface area contributed by atoms with Crippen LogP contribution in [-0.4, -0.2) is 19.9 Å². The lowest BCUT2D eigenvalue weighted by Gasteiger charge is -2.06. The summed E-state index contributed by atoms with van der Waals surface area (Å²) in [6.07, 6.45) is 4.77. The third kappa shape index (κ3) is 2.33. The zero-order valence-electron chi connectivity index (χ0n) is 10.5. The molecule has 2 heterocycles. The molecule has 0 fully saturated rings. The maximum Gasteiger partial charge on any atom is 0.162 e. The molecule has 0 amide bonds. The van der Waals surface area contributed by atoms with Crippen LogP contribution in [0.3, 0.4) is 0 Å². The molecular weight excluding hydrogens is 236 g/mol. The third-order valence-corrected chi connectivity index (χ3v) is 2.93. The van der Waals surface area contributed by atoms with E-state index in [1.54, 1.807) is 6.20 Å². The molecule has 0 radical (unpaired) electrons. The Morgan fingerprint density at radius 1 is 0.895 bits per heavy atom. The van der Waals surface area contributed by atoms with Crippen molar-refractivity contribution in [3.05, 3.63) is 60.8 Å². The van der Waals surface area contributed by atoms with Crippen molar-refractivity contribution < 1.29 is 0 Å². The first-order chi connectivity index (χ1) is 9.34. The van der Waals surface area contributed by atoms with E-state index >= 15 is 0 Å². The summed E-state index contributed by atoms with van der Waals surface area (Å²) in [5.41, 5.74) is 4.19. The van der Waals surface area contributed by atoms with Crippen molar-refractivity contribution in [2.75, 3.05) is 0 Å². The van der Waals surface area contributed by atoms with Crippen molar-refractivity contribution in [1.29, 1.82) is 0 Å². The first kappa shape index (κ1) is 11.5. The molecule has 0 N–H and O–H groups in total. The van der Waals surface area contributed by atoms with Gasteiger partial charge in [0.15, 0.2) is 5.82 Å². The largest absolute Gasteiger partial charge is 0.256 e. The first-order valence-corrected chi connectivity index (χ1v) is 5.99. The van der Waals surface area contributed by atoms with Crippen molar-refractivity contribution in [1.82, 2.24) is 19.9 Å². The van der Waals surface area contributed by atoms with Gasteiger partial charge in [0.05, 0.1) is 5.69 Å². The number of rotatable bonds is 2. The minimum atomic E-state index is 0.659. The molecule has 4 nitrogen and oxygen atoms in total. The van der Waals surface area contributed by atoms with E-state index in [9.17, 15) is 0 Å². The summed E-state index contributed by atoms with van der Waals surface area (Å²) in [4.78, 5) is 16.6. The van der Waals surface area contributed by atoms with Crippen LogP contribution >= 0.6 is 0 Å². The molecule has 0 unspecified atom stereocenters. The van der Waals surface area contributed by atoms with Gasteiger partial charge < -0.3 is 0 Å². The first-order valence-electron chi connectivity index (χ1n) is 5.99. The van der Waals surface area contributed by atoms with Crippen LogP contribution in [-0.2, 0) is 0 Å². The highest BCUT2D eigenvalue weighted by Gasteiger charge is 2.06. The second-order valence-corrected chi connectivity index (χ2v) is 4.21. The number of aryl methyl sites for hydroxylation is 1. The molecular formula is C15H12N4. The van der Waals surface area contributed by atoms with Gasteiger partial charge in [0.2, 0.25) is 0 Å². The van der Waals surface area contributed by atoms with Crippen molar-refractivity contribution in [3.8, 4) is 22.6 Å². The normalized spacial score (nSPS) is 10.4. The highest BCUT2D eigenvalue weighted by molar-refractivity contribution is 5.68. The van der Waals surface area contributed by atoms with Crippen LogP contribution in [0.1, 0.15) is 5.56 Å². The Kier molecular flexibility index (Phi) is 2.98. The van der Waals surface area contributed by atoms with Crippen molar-refractivity contribution in [2.45, 2.75) is 6.92 Å². The lowest BCUT2D eigenvalue weighted by atomic mass is 10.0. The monoisotopic (exact) mass is 248 g/mol. The highest BCUT2D eigenvalue weighted by Crippen LogP contribution is 2.24. The van der Waals surface area contributed by atoms with Gasteiger partial charge in [0, 0.05) is 17.3 Å². The van der Waals surface area contributed by atoms with Gasteiger partial charge in [-0.1, -0.05) is 24.3 Å². The van der Waals surface area contributed by atoms with E-state index in [-0.39, 0.29) is 0 Å². The van der Waals surface area contributed by atoms with Crippen LogP contribution in [0, 0.1) is 6.92 Å². The molecule has 2 aromatic heterocycles. The lowest BCUT2D eigenvalue weighted by molar-refractivity contribution is 1.05. The standard InChI is InChI=1S/C15H12N4/c1-11-4-2-3-5-13(11)14-8-12(6-7-17-14)15-18-9-16-10-19-15/h2-10H,1H3. The smallest absolute Gasteiger partial charge is 0.162 e. The molecule has 0 saturated carbocycles. The maximum atomic E-state index is 4.42. The molecule has 0 aliphatic rings. The fourth-order valence-electron chi connectivity index (χ4n) is 1.97. The van der Waals surface area contributed by atoms with Gasteiger partial charge in [-0.3, -0.25) is 4.98 Å².